The molecular weight excluding hydrogens is 222 g/mol. The Labute approximate surface area is 97.7 Å². The molecule has 2 aromatic rings. The number of carbonyl (C=O) groups is 2. The molecule has 90 valence electrons. The first-order chi connectivity index (χ1) is 8.13. The number of aromatic hydroxyl groups is 1. The molecule has 0 fully saturated rings. The Morgan fingerprint density at radius 1 is 1.35 bits per heavy atom. The quantitative estimate of drug-likeness (QED) is 0.543. The van der Waals surface area contributed by atoms with E-state index in [0.29, 0.717) is 17.5 Å². The van der Waals surface area contributed by atoms with E-state index in [9.17, 15) is 14.7 Å². The Morgan fingerprint density at radius 2 is 2.00 bits per heavy atom. The summed E-state index contributed by atoms with van der Waals surface area (Å²) < 4.78 is 0. The number of aromatic amines is 1. The first-order valence-electron chi connectivity index (χ1n) is 4.89. The largest absolute Gasteiger partial charge is 0.507 e. The van der Waals surface area contributed by atoms with Crippen LogP contribution in [0.15, 0.2) is 18.2 Å². The van der Waals surface area contributed by atoms with Crippen LogP contribution in [0.2, 0.25) is 0 Å². The first kappa shape index (κ1) is 12.9. The summed E-state index contributed by atoms with van der Waals surface area (Å²) in [5.74, 6) is -0.313. The van der Waals surface area contributed by atoms with Gasteiger partial charge in [-0.05, 0) is 25.1 Å². The summed E-state index contributed by atoms with van der Waals surface area (Å²) in [7, 11) is 1.00. The summed E-state index contributed by atoms with van der Waals surface area (Å²) in [6.07, 6.45) is 0.668. The average molecular weight is 235 g/mol. The molecular formula is C12H13NO4. The Morgan fingerprint density at radius 3 is 2.53 bits per heavy atom. The lowest BCUT2D eigenvalue weighted by Gasteiger charge is -2.01. The van der Waals surface area contributed by atoms with Crippen LogP contribution >= 0.6 is 0 Å². The van der Waals surface area contributed by atoms with Crippen molar-refractivity contribution in [1.82, 2.24) is 4.98 Å². The highest BCUT2D eigenvalue weighted by atomic mass is 16.3. The highest BCUT2D eigenvalue weighted by molar-refractivity contribution is 6.09. The standard InChI is InChI=1S/C11H9NO3.CH4O/c1-6(14)10-9(15)3-2-7-4-8(5-13)12-11(7)10;1-2/h2-5,12,15H,1H3;2H,1H3. The van der Waals surface area contributed by atoms with E-state index >= 15 is 0 Å². The number of phenolic OH excluding ortho intramolecular Hbond substituents is 1. The Kier molecular flexibility index (Phi) is 4.01. The predicted octanol–water partition coefficient (Wildman–Crippen LogP) is 1.50. The molecule has 5 nitrogen and oxygen atoms in total. The minimum absolute atomic E-state index is 0.0747. The molecule has 0 aliphatic carbocycles. The van der Waals surface area contributed by atoms with Crippen molar-refractivity contribution in [2.75, 3.05) is 7.11 Å². The average Bonchev–Trinajstić information content (AvgIpc) is 2.73. The van der Waals surface area contributed by atoms with Gasteiger partial charge in [0.25, 0.3) is 0 Å². The molecule has 1 aromatic heterocycles. The maximum absolute atomic E-state index is 11.3. The molecule has 0 unspecified atom stereocenters. The van der Waals surface area contributed by atoms with Crippen LogP contribution < -0.4 is 0 Å². The maximum atomic E-state index is 11.3. The van der Waals surface area contributed by atoms with Gasteiger partial charge in [-0.15, -0.1) is 0 Å². The molecule has 0 bridgehead atoms. The molecule has 0 saturated heterocycles. The number of aromatic nitrogens is 1. The lowest BCUT2D eigenvalue weighted by atomic mass is 10.1. The van der Waals surface area contributed by atoms with Gasteiger partial charge < -0.3 is 15.2 Å². The van der Waals surface area contributed by atoms with Crippen molar-refractivity contribution in [3.8, 4) is 5.75 Å². The van der Waals surface area contributed by atoms with Crippen molar-refractivity contribution in [3.05, 3.63) is 29.5 Å². The van der Waals surface area contributed by atoms with Crippen LogP contribution in [0.5, 0.6) is 5.75 Å². The van der Waals surface area contributed by atoms with Crippen molar-refractivity contribution in [2.24, 2.45) is 0 Å². The minimum Gasteiger partial charge on any atom is -0.507 e. The number of Topliss-reactive ketones (excluding diaryl/α,β-unsaturated/α-hetero) is 1. The number of aliphatic hydroxyl groups excluding tert-OH is 1. The summed E-state index contributed by atoms with van der Waals surface area (Å²) in [5, 5.41) is 17.3. The lowest BCUT2D eigenvalue weighted by molar-refractivity contribution is 0.101. The van der Waals surface area contributed by atoms with Crippen LogP contribution in [0, 0.1) is 0 Å². The van der Waals surface area contributed by atoms with Gasteiger partial charge in [0.1, 0.15) is 5.75 Å². The van der Waals surface area contributed by atoms with Crippen molar-refractivity contribution in [3.63, 3.8) is 0 Å². The van der Waals surface area contributed by atoms with Crippen molar-refractivity contribution in [2.45, 2.75) is 6.92 Å². The normalized spacial score (nSPS) is 9.59. The number of H-pyrrole nitrogens is 1. The van der Waals surface area contributed by atoms with Crippen LogP contribution in [0.1, 0.15) is 27.8 Å². The Hall–Kier alpha value is -2.14. The molecule has 0 aliphatic rings. The number of aliphatic hydroxyl groups is 1. The molecule has 1 heterocycles. The van der Waals surface area contributed by atoms with Gasteiger partial charge in [-0.1, -0.05) is 0 Å². The van der Waals surface area contributed by atoms with E-state index < -0.39 is 0 Å². The predicted molar refractivity (Wildman–Crippen MR) is 63.5 cm³/mol. The fraction of sp³-hybridized carbons (Fsp3) is 0.167. The summed E-state index contributed by atoms with van der Waals surface area (Å²) >= 11 is 0. The number of carbonyl (C=O) groups excluding carboxylic acids is 2. The van der Waals surface area contributed by atoms with E-state index in [-0.39, 0.29) is 17.1 Å². The number of ketones is 1. The highest BCUT2D eigenvalue weighted by Gasteiger charge is 2.13. The Bertz CT molecular complexity index is 557. The summed E-state index contributed by atoms with van der Waals surface area (Å²) in [6, 6.07) is 4.73. The van der Waals surface area contributed by atoms with E-state index in [2.05, 4.69) is 4.98 Å². The van der Waals surface area contributed by atoms with E-state index in [0.717, 1.165) is 12.5 Å². The van der Waals surface area contributed by atoms with Crippen molar-refractivity contribution < 1.29 is 19.8 Å². The fourth-order valence-electron chi connectivity index (χ4n) is 1.63. The zero-order valence-electron chi connectivity index (χ0n) is 9.52. The number of nitrogens with one attached hydrogen (secondary N) is 1. The van der Waals surface area contributed by atoms with Gasteiger partial charge in [0, 0.05) is 12.5 Å². The smallest absolute Gasteiger partial charge is 0.166 e. The molecule has 0 radical (unpaired) electrons. The molecule has 0 aliphatic heterocycles. The number of rotatable bonds is 2. The second-order valence-corrected chi connectivity index (χ2v) is 3.32. The van der Waals surface area contributed by atoms with Crippen LogP contribution in [0.25, 0.3) is 10.9 Å². The summed E-state index contributed by atoms with van der Waals surface area (Å²) in [4.78, 5) is 24.7. The van der Waals surface area contributed by atoms with Crippen LogP contribution in [-0.4, -0.2) is 34.4 Å². The number of hydrogen-bond acceptors (Lipinski definition) is 4. The second kappa shape index (κ2) is 5.27. The maximum Gasteiger partial charge on any atom is 0.166 e. The molecule has 5 heteroatoms. The molecule has 0 amide bonds. The molecule has 17 heavy (non-hydrogen) atoms. The minimum atomic E-state index is -0.239. The van der Waals surface area contributed by atoms with Crippen LogP contribution in [-0.2, 0) is 0 Å². The zero-order chi connectivity index (χ0) is 13.0. The van der Waals surface area contributed by atoms with Gasteiger partial charge in [-0.25, -0.2) is 0 Å². The number of fused-ring (bicyclic) bond motifs is 1. The second-order valence-electron chi connectivity index (χ2n) is 3.32. The van der Waals surface area contributed by atoms with Crippen LogP contribution in [0.4, 0.5) is 0 Å². The van der Waals surface area contributed by atoms with Crippen molar-refractivity contribution >= 4 is 23.0 Å². The molecule has 1 aromatic carbocycles. The van der Waals surface area contributed by atoms with Crippen LogP contribution in [0.3, 0.4) is 0 Å². The third-order valence-electron chi connectivity index (χ3n) is 2.27. The number of phenols is 1. The fourth-order valence-corrected chi connectivity index (χ4v) is 1.63. The van der Waals surface area contributed by atoms with E-state index in [1.54, 1.807) is 12.1 Å². The number of hydrogen-bond donors (Lipinski definition) is 3. The zero-order valence-corrected chi connectivity index (χ0v) is 9.52. The SMILES string of the molecule is CC(=O)c1c(O)ccc2cc(C=O)[nH]c12.CO. The number of benzene rings is 1. The molecule has 0 spiro atoms. The van der Waals surface area contributed by atoms with Gasteiger partial charge in [0.2, 0.25) is 0 Å². The van der Waals surface area contributed by atoms with Gasteiger partial charge in [-0.2, -0.15) is 0 Å². The monoisotopic (exact) mass is 235 g/mol. The third-order valence-corrected chi connectivity index (χ3v) is 2.27. The van der Waals surface area contributed by atoms with Gasteiger partial charge in [0.05, 0.1) is 16.8 Å². The van der Waals surface area contributed by atoms with E-state index in [1.807, 2.05) is 0 Å². The summed E-state index contributed by atoms with van der Waals surface area (Å²) in [5.41, 5.74) is 1.11. The molecule has 2 rings (SSSR count). The van der Waals surface area contributed by atoms with Crippen molar-refractivity contribution in [1.29, 1.82) is 0 Å². The van der Waals surface area contributed by atoms with Gasteiger partial charge in [0.15, 0.2) is 12.1 Å². The Balaban J connectivity index is 0.000000686. The molecule has 0 saturated carbocycles. The van der Waals surface area contributed by atoms with Gasteiger partial charge >= 0.3 is 0 Å². The third kappa shape index (κ3) is 2.34. The highest BCUT2D eigenvalue weighted by Crippen LogP contribution is 2.27. The summed E-state index contributed by atoms with van der Waals surface area (Å²) in [6.45, 7) is 1.37. The number of aldehydes is 1. The molecule has 3 N–H and O–H groups in total. The first-order valence-corrected chi connectivity index (χ1v) is 4.89. The van der Waals surface area contributed by atoms with E-state index in [1.165, 1.54) is 13.0 Å². The lowest BCUT2D eigenvalue weighted by Crippen LogP contribution is -1.94. The topological polar surface area (TPSA) is 90.4 Å². The molecule has 0 atom stereocenters. The van der Waals surface area contributed by atoms with E-state index in [4.69, 9.17) is 5.11 Å². The van der Waals surface area contributed by atoms with Gasteiger partial charge in [-0.3, -0.25) is 9.59 Å².